The van der Waals surface area contributed by atoms with Crippen LogP contribution in [-0.2, 0) is 9.47 Å². The first-order valence-electron chi connectivity index (χ1n) is 7.50. The Hall–Kier alpha value is -1.82. The number of nitrogens with zero attached hydrogens (tertiary/aromatic N) is 1. The van der Waals surface area contributed by atoms with Crippen molar-refractivity contribution in [2.75, 3.05) is 26.1 Å². The van der Waals surface area contributed by atoms with E-state index in [1.54, 1.807) is 12.1 Å². The van der Waals surface area contributed by atoms with E-state index in [0.29, 0.717) is 29.4 Å². The number of ether oxygens (including phenoxy) is 3. The Kier molecular flexibility index (Phi) is 3.72. The lowest BCUT2D eigenvalue weighted by Crippen LogP contribution is -2.63. The number of anilines is 1. The number of aromatic nitrogens is 1. The van der Waals surface area contributed by atoms with Crippen LogP contribution in [0, 0.1) is 11.3 Å². The van der Waals surface area contributed by atoms with E-state index in [2.05, 4.69) is 24.1 Å². The molecular weight excluding hydrogens is 284 g/mol. The van der Waals surface area contributed by atoms with Gasteiger partial charge in [0.15, 0.2) is 0 Å². The van der Waals surface area contributed by atoms with Crippen LogP contribution < -0.4 is 10.1 Å². The van der Waals surface area contributed by atoms with Crippen molar-refractivity contribution >= 4 is 11.8 Å². The predicted molar refractivity (Wildman–Crippen MR) is 81.2 cm³/mol. The Morgan fingerprint density at radius 1 is 1.41 bits per heavy atom. The van der Waals surface area contributed by atoms with Crippen molar-refractivity contribution in [3.05, 3.63) is 17.7 Å². The second kappa shape index (κ2) is 5.43. The van der Waals surface area contributed by atoms with Crippen LogP contribution in [0.4, 0.5) is 5.82 Å². The molecule has 0 spiro atoms. The summed E-state index contributed by atoms with van der Waals surface area (Å²) in [7, 11) is 2.83. The van der Waals surface area contributed by atoms with E-state index in [9.17, 15) is 4.79 Å². The van der Waals surface area contributed by atoms with E-state index in [1.807, 2.05) is 0 Å². The summed E-state index contributed by atoms with van der Waals surface area (Å²) in [6, 6.07) is 3.77. The number of carbonyl (C=O) groups is 1. The van der Waals surface area contributed by atoms with E-state index in [1.165, 1.54) is 14.2 Å². The third kappa shape index (κ3) is 2.22. The Balaban J connectivity index is 1.80. The van der Waals surface area contributed by atoms with Crippen LogP contribution in [0.3, 0.4) is 0 Å². The number of fused-ring (bicyclic) bond motifs is 1. The normalized spacial score (nSPS) is 28.5. The summed E-state index contributed by atoms with van der Waals surface area (Å²) in [6.45, 7) is 5.24. The molecule has 0 unspecified atom stereocenters. The zero-order valence-corrected chi connectivity index (χ0v) is 13.4. The third-order valence-corrected chi connectivity index (χ3v) is 4.86. The first-order valence-corrected chi connectivity index (χ1v) is 7.50. The van der Waals surface area contributed by atoms with Crippen molar-refractivity contribution in [3.63, 3.8) is 0 Å². The first kappa shape index (κ1) is 15.1. The summed E-state index contributed by atoms with van der Waals surface area (Å²) >= 11 is 0. The summed E-state index contributed by atoms with van der Waals surface area (Å²) < 4.78 is 15.7. The van der Waals surface area contributed by atoms with E-state index >= 15 is 0 Å². The standard InChI is InChI=1S/C16H22N2O4/c1-16(2)12(9-7-8-22-13(9)16)17-11-6-5-10(15(19)21-4)14(18-11)20-3/h5-6,9,12-13H,7-8H2,1-4H3,(H,17,18)/t9-,12+,13-/m0/s1. The maximum Gasteiger partial charge on any atom is 0.343 e. The zero-order chi connectivity index (χ0) is 15.9. The topological polar surface area (TPSA) is 69.7 Å². The number of carbonyl (C=O) groups excluding carboxylic acids is 1. The lowest BCUT2D eigenvalue weighted by molar-refractivity contribution is -0.0924. The van der Waals surface area contributed by atoms with Gasteiger partial charge in [-0.15, -0.1) is 0 Å². The van der Waals surface area contributed by atoms with Gasteiger partial charge < -0.3 is 19.5 Å². The quantitative estimate of drug-likeness (QED) is 0.859. The van der Waals surface area contributed by atoms with Gasteiger partial charge in [0.2, 0.25) is 5.88 Å². The summed E-state index contributed by atoms with van der Waals surface area (Å²) in [5.41, 5.74) is 0.391. The predicted octanol–water partition coefficient (Wildman–Crippen LogP) is 2.10. The molecule has 0 aromatic carbocycles. The maximum absolute atomic E-state index is 11.7. The van der Waals surface area contributed by atoms with Crippen molar-refractivity contribution in [3.8, 4) is 5.88 Å². The molecule has 2 aliphatic rings. The third-order valence-electron chi connectivity index (χ3n) is 4.86. The van der Waals surface area contributed by atoms with Crippen LogP contribution in [0.15, 0.2) is 12.1 Å². The van der Waals surface area contributed by atoms with Crippen LogP contribution in [0.25, 0.3) is 0 Å². The van der Waals surface area contributed by atoms with Gasteiger partial charge in [0.1, 0.15) is 11.4 Å². The van der Waals surface area contributed by atoms with E-state index in [4.69, 9.17) is 14.2 Å². The molecule has 0 amide bonds. The van der Waals surface area contributed by atoms with Crippen molar-refractivity contribution < 1.29 is 19.0 Å². The average molecular weight is 306 g/mol. The number of hydrogen-bond acceptors (Lipinski definition) is 6. The molecule has 1 aliphatic carbocycles. The van der Waals surface area contributed by atoms with Gasteiger partial charge in [-0.3, -0.25) is 0 Å². The van der Waals surface area contributed by atoms with Crippen molar-refractivity contribution in [2.24, 2.45) is 11.3 Å². The monoisotopic (exact) mass is 306 g/mol. The molecule has 2 heterocycles. The molecule has 0 radical (unpaired) electrons. The van der Waals surface area contributed by atoms with Gasteiger partial charge in [-0.25, -0.2) is 4.79 Å². The molecule has 1 saturated carbocycles. The highest BCUT2D eigenvalue weighted by molar-refractivity contribution is 5.92. The molecule has 1 N–H and O–H groups in total. The van der Waals surface area contributed by atoms with Crippen LogP contribution in [-0.4, -0.2) is 43.9 Å². The van der Waals surface area contributed by atoms with Crippen LogP contribution >= 0.6 is 0 Å². The number of methoxy groups -OCH3 is 2. The molecule has 3 rings (SSSR count). The summed E-state index contributed by atoms with van der Waals surface area (Å²) in [5, 5.41) is 3.48. The number of rotatable bonds is 4. The number of nitrogens with one attached hydrogen (secondary N) is 1. The molecule has 6 nitrogen and oxygen atoms in total. The molecule has 120 valence electrons. The maximum atomic E-state index is 11.7. The van der Waals surface area contributed by atoms with Gasteiger partial charge >= 0.3 is 5.97 Å². The second-order valence-electron chi connectivity index (χ2n) is 6.43. The molecule has 1 saturated heterocycles. The minimum atomic E-state index is -0.455. The molecule has 2 fully saturated rings. The van der Waals surface area contributed by atoms with Gasteiger partial charge in [0.25, 0.3) is 0 Å². The lowest BCUT2D eigenvalue weighted by Gasteiger charge is -2.54. The molecule has 22 heavy (non-hydrogen) atoms. The highest BCUT2D eigenvalue weighted by Gasteiger charge is 2.59. The van der Waals surface area contributed by atoms with Crippen LogP contribution in [0.2, 0.25) is 0 Å². The fraction of sp³-hybridized carbons (Fsp3) is 0.625. The fourth-order valence-electron chi connectivity index (χ4n) is 3.72. The largest absolute Gasteiger partial charge is 0.480 e. The van der Waals surface area contributed by atoms with Gasteiger partial charge in [-0.1, -0.05) is 13.8 Å². The lowest BCUT2D eigenvalue weighted by atomic mass is 9.57. The first-order chi connectivity index (χ1) is 10.5. The molecule has 0 bridgehead atoms. The van der Waals surface area contributed by atoms with Gasteiger partial charge in [0, 0.05) is 24.0 Å². The molecule has 1 aromatic heterocycles. The van der Waals surface area contributed by atoms with Gasteiger partial charge in [-0.2, -0.15) is 4.98 Å². The molecule has 3 atom stereocenters. The summed E-state index contributed by atoms with van der Waals surface area (Å²) in [4.78, 5) is 16.1. The molecule has 1 aliphatic heterocycles. The van der Waals surface area contributed by atoms with Crippen molar-refractivity contribution in [1.29, 1.82) is 0 Å². The minimum Gasteiger partial charge on any atom is -0.480 e. The van der Waals surface area contributed by atoms with Crippen LogP contribution in [0.1, 0.15) is 30.6 Å². The Labute approximate surface area is 130 Å². The number of pyridine rings is 1. The van der Waals surface area contributed by atoms with Crippen molar-refractivity contribution in [1.82, 2.24) is 4.98 Å². The minimum absolute atomic E-state index is 0.0666. The average Bonchev–Trinajstić information content (AvgIpc) is 2.98. The SMILES string of the molecule is COC(=O)c1ccc(N[C@@H]2[C@@H]3CCO[C@@H]3C2(C)C)nc1OC. The summed E-state index contributed by atoms with van der Waals surface area (Å²) in [6.07, 6.45) is 1.39. The highest BCUT2D eigenvalue weighted by Crippen LogP contribution is 2.53. The smallest absolute Gasteiger partial charge is 0.343 e. The Morgan fingerprint density at radius 3 is 2.86 bits per heavy atom. The van der Waals surface area contributed by atoms with Crippen molar-refractivity contribution in [2.45, 2.75) is 32.4 Å². The molecule has 1 aromatic rings. The van der Waals surface area contributed by atoms with Crippen LogP contribution in [0.5, 0.6) is 5.88 Å². The number of hydrogen-bond donors (Lipinski definition) is 1. The molecular formula is C16H22N2O4. The number of esters is 1. The van der Waals surface area contributed by atoms with E-state index in [0.717, 1.165) is 13.0 Å². The second-order valence-corrected chi connectivity index (χ2v) is 6.43. The molecule has 6 heteroatoms. The Bertz CT molecular complexity index is 588. The fourth-order valence-corrected chi connectivity index (χ4v) is 3.72. The van der Waals surface area contributed by atoms with E-state index in [-0.39, 0.29) is 11.3 Å². The summed E-state index contributed by atoms with van der Waals surface area (Å²) in [5.74, 6) is 1.04. The zero-order valence-electron chi connectivity index (χ0n) is 13.4. The Morgan fingerprint density at radius 2 is 2.18 bits per heavy atom. The van der Waals surface area contributed by atoms with Gasteiger partial charge in [0.05, 0.1) is 20.3 Å². The van der Waals surface area contributed by atoms with E-state index < -0.39 is 5.97 Å². The van der Waals surface area contributed by atoms with Gasteiger partial charge in [-0.05, 0) is 18.6 Å². The highest BCUT2D eigenvalue weighted by atomic mass is 16.5.